The summed E-state index contributed by atoms with van der Waals surface area (Å²) >= 11 is 1.58. The van der Waals surface area contributed by atoms with Gasteiger partial charge in [-0.05, 0) is 37.6 Å². The zero-order valence-electron chi connectivity index (χ0n) is 14.7. The third-order valence-corrected chi connectivity index (χ3v) is 4.51. The largest absolute Gasteiger partial charge is 0.324 e. The van der Waals surface area contributed by atoms with Gasteiger partial charge in [0.2, 0.25) is 11.8 Å². The highest BCUT2D eigenvalue weighted by molar-refractivity contribution is 7.98. The van der Waals surface area contributed by atoms with E-state index in [1.165, 1.54) is 0 Å². The Labute approximate surface area is 153 Å². The number of amides is 2. The van der Waals surface area contributed by atoms with Crippen LogP contribution < -0.4 is 10.2 Å². The fraction of sp³-hybridized carbons (Fsp3) is 0.263. The third kappa shape index (κ3) is 5.62. The van der Waals surface area contributed by atoms with Gasteiger partial charge < -0.3 is 10.2 Å². The number of para-hydroxylation sites is 2. The van der Waals surface area contributed by atoms with Crippen LogP contribution in [0.1, 0.15) is 0 Å². The smallest absolute Gasteiger partial charge is 0.240 e. The van der Waals surface area contributed by atoms with E-state index in [0.717, 1.165) is 16.3 Å². The molecule has 2 rings (SSSR count). The predicted molar refractivity (Wildman–Crippen MR) is 104 cm³/mol. The van der Waals surface area contributed by atoms with Gasteiger partial charge in [-0.25, -0.2) is 0 Å². The lowest BCUT2D eigenvalue weighted by atomic mass is 10.3. The highest BCUT2D eigenvalue weighted by atomic mass is 32.2. The molecule has 5 nitrogen and oxygen atoms in total. The summed E-state index contributed by atoms with van der Waals surface area (Å²) in [5.74, 6) is -0.204. The van der Waals surface area contributed by atoms with E-state index in [9.17, 15) is 9.59 Å². The highest BCUT2D eigenvalue weighted by Crippen LogP contribution is 2.24. The van der Waals surface area contributed by atoms with E-state index >= 15 is 0 Å². The van der Waals surface area contributed by atoms with E-state index < -0.39 is 0 Å². The molecule has 0 unspecified atom stereocenters. The Kier molecular flexibility index (Phi) is 7.03. The van der Waals surface area contributed by atoms with Crippen LogP contribution in [0.15, 0.2) is 59.5 Å². The van der Waals surface area contributed by atoms with Crippen LogP contribution in [-0.4, -0.2) is 50.2 Å². The summed E-state index contributed by atoms with van der Waals surface area (Å²) < 4.78 is 0. The Morgan fingerprint density at radius 3 is 2.28 bits per heavy atom. The minimum atomic E-state index is -0.140. The molecule has 6 heteroatoms. The SMILES string of the molecule is CSc1ccccc1NC(=O)CN(C)CC(=O)N(C)c1ccccc1. The topological polar surface area (TPSA) is 52.7 Å². The van der Waals surface area contributed by atoms with Crippen molar-refractivity contribution in [2.45, 2.75) is 4.90 Å². The van der Waals surface area contributed by atoms with Crippen LogP contribution in [-0.2, 0) is 9.59 Å². The number of hydrogen-bond acceptors (Lipinski definition) is 4. The molecule has 2 aromatic carbocycles. The Morgan fingerprint density at radius 1 is 0.960 bits per heavy atom. The van der Waals surface area contributed by atoms with Gasteiger partial charge in [-0.1, -0.05) is 30.3 Å². The molecule has 0 bridgehead atoms. The van der Waals surface area contributed by atoms with Crippen LogP contribution in [0, 0.1) is 0 Å². The molecule has 0 aliphatic rings. The number of benzene rings is 2. The van der Waals surface area contributed by atoms with Gasteiger partial charge in [-0.2, -0.15) is 0 Å². The van der Waals surface area contributed by atoms with Gasteiger partial charge in [-0.3, -0.25) is 14.5 Å². The number of carbonyl (C=O) groups excluding carboxylic acids is 2. The van der Waals surface area contributed by atoms with Gasteiger partial charge in [0.15, 0.2) is 0 Å². The first-order chi connectivity index (χ1) is 12.0. The van der Waals surface area contributed by atoms with Crippen LogP contribution in [0.5, 0.6) is 0 Å². The number of anilines is 2. The van der Waals surface area contributed by atoms with E-state index in [2.05, 4.69) is 5.32 Å². The van der Waals surface area contributed by atoms with Crippen LogP contribution in [0.3, 0.4) is 0 Å². The molecule has 0 fully saturated rings. The van der Waals surface area contributed by atoms with Crippen LogP contribution in [0.2, 0.25) is 0 Å². The van der Waals surface area contributed by atoms with Gasteiger partial charge in [-0.15, -0.1) is 11.8 Å². The van der Waals surface area contributed by atoms with E-state index in [1.807, 2.05) is 60.9 Å². The van der Waals surface area contributed by atoms with Crippen molar-refractivity contribution in [3.63, 3.8) is 0 Å². The number of likely N-dealkylation sites (N-methyl/N-ethyl adjacent to an activating group) is 2. The summed E-state index contributed by atoms with van der Waals surface area (Å²) in [4.78, 5) is 28.9. The number of thioether (sulfide) groups is 1. The molecule has 0 heterocycles. The van der Waals surface area contributed by atoms with E-state index in [1.54, 1.807) is 35.7 Å². The molecule has 0 aromatic heterocycles. The second-order valence-electron chi connectivity index (χ2n) is 5.71. The maximum atomic E-state index is 12.3. The van der Waals surface area contributed by atoms with Gasteiger partial charge in [0.25, 0.3) is 0 Å². The third-order valence-electron chi connectivity index (χ3n) is 3.72. The molecule has 0 aliphatic carbocycles. The number of hydrogen-bond donors (Lipinski definition) is 1. The quantitative estimate of drug-likeness (QED) is 0.774. The molecule has 2 amide bonds. The Hall–Kier alpha value is -2.31. The first kappa shape index (κ1) is 19.0. The maximum Gasteiger partial charge on any atom is 0.240 e. The molecule has 0 saturated heterocycles. The summed E-state index contributed by atoms with van der Waals surface area (Å²) in [7, 11) is 3.50. The molecule has 132 valence electrons. The first-order valence-electron chi connectivity index (χ1n) is 7.94. The fourth-order valence-electron chi connectivity index (χ4n) is 2.37. The first-order valence-corrected chi connectivity index (χ1v) is 9.16. The normalized spacial score (nSPS) is 10.6. The Balaban J connectivity index is 1.88. The minimum Gasteiger partial charge on any atom is -0.324 e. The predicted octanol–water partition coefficient (Wildman–Crippen LogP) is 2.94. The van der Waals surface area contributed by atoms with Gasteiger partial charge in [0.1, 0.15) is 0 Å². The molecule has 0 radical (unpaired) electrons. The van der Waals surface area contributed by atoms with Crippen LogP contribution in [0.25, 0.3) is 0 Å². The van der Waals surface area contributed by atoms with Crippen molar-refractivity contribution < 1.29 is 9.59 Å². The van der Waals surface area contributed by atoms with Gasteiger partial charge in [0, 0.05) is 17.6 Å². The van der Waals surface area contributed by atoms with Crippen molar-refractivity contribution in [3.05, 3.63) is 54.6 Å². The molecule has 0 atom stereocenters. The summed E-state index contributed by atoms with van der Waals surface area (Å²) in [6, 6.07) is 17.1. The molecule has 1 N–H and O–H groups in total. The zero-order valence-corrected chi connectivity index (χ0v) is 15.5. The fourth-order valence-corrected chi connectivity index (χ4v) is 2.92. The number of rotatable bonds is 7. The second-order valence-corrected chi connectivity index (χ2v) is 6.56. The standard InChI is InChI=1S/C19H23N3O2S/c1-21(14-19(24)22(2)15-9-5-4-6-10-15)13-18(23)20-16-11-7-8-12-17(16)25-3/h4-12H,13-14H2,1-3H3,(H,20,23). The maximum absolute atomic E-state index is 12.3. The average molecular weight is 357 g/mol. The van der Waals surface area contributed by atoms with Crippen molar-refractivity contribution in [3.8, 4) is 0 Å². The molecule has 0 saturated carbocycles. The Bertz CT molecular complexity index is 722. The minimum absolute atomic E-state index is 0.0639. The number of nitrogens with one attached hydrogen (secondary N) is 1. The number of nitrogens with zero attached hydrogens (tertiary/aromatic N) is 2. The molecular weight excluding hydrogens is 334 g/mol. The summed E-state index contributed by atoms with van der Waals surface area (Å²) in [5, 5.41) is 2.90. The highest BCUT2D eigenvalue weighted by Gasteiger charge is 2.15. The van der Waals surface area contributed by atoms with E-state index in [4.69, 9.17) is 0 Å². The van der Waals surface area contributed by atoms with Crippen LogP contribution >= 0.6 is 11.8 Å². The molecule has 2 aromatic rings. The van der Waals surface area contributed by atoms with E-state index in [-0.39, 0.29) is 24.9 Å². The lowest BCUT2D eigenvalue weighted by Gasteiger charge is -2.21. The summed E-state index contributed by atoms with van der Waals surface area (Å²) in [6.45, 7) is 0.320. The van der Waals surface area contributed by atoms with E-state index in [0.29, 0.717) is 0 Å². The molecule has 25 heavy (non-hydrogen) atoms. The zero-order chi connectivity index (χ0) is 18.2. The Morgan fingerprint density at radius 2 is 1.60 bits per heavy atom. The van der Waals surface area contributed by atoms with Crippen molar-refractivity contribution in [1.82, 2.24) is 4.90 Å². The lowest BCUT2D eigenvalue weighted by Crippen LogP contribution is -2.39. The van der Waals surface area contributed by atoms with Crippen molar-refractivity contribution in [2.75, 3.05) is 43.7 Å². The summed E-state index contributed by atoms with van der Waals surface area (Å²) in [6.07, 6.45) is 1.97. The monoisotopic (exact) mass is 357 g/mol. The molecule has 0 spiro atoms. The summed E-state index contributed by atoms with van der Waals surface area (Å²) in [5.41, 5.74) is 1.63. The molecular formula is C19H23N3O2S. The average Bonchev–Trinajstić information content (AvgIpc) is 2.62. The second kappa shape index (κ2) is 9.25. The van der Waals surface area contributed by atoms with Gasteiger partial charge >= 0.3 is 0 Å². The number of carbonyl (C=O) groups is 2. The van der Waals surface area contributed by atoms with Crippen LogP contribution in [0.4, 0.5) is 11.4 Å². The van der Waals surface area contributed by atoms with Crippen molar-refractivity contribution >= 4 is 35.0 Å². The lowest BCUT2D eigenvalue weighted by molar-refractivity contribution is -0.120. The van der Waals surface area contributed by atoms with Gasteiger partial charge in [0.05, 0.1) is 18.8 Å². The molecule has 0 aliphatic heterocycles. The van der Waals surface area contributed by atoms with Crippen molar-refractivity contribution in [1.29, 1.82) is 0 Å². The van der Waals surface area contributed by atoms with Crippen molar-refractivity contribution in [2.24, 2.45) is 0 Å².